The number of carbonyl (C=O) groups is 2. The Kier molecular flexibility index (Phi) is 6.64. The number of thioether (sulfide) groups is 1. The molecule has 1 saturated heterocycles. The minimum atomic E-state index is -0.190. The van der Waals surface area contributed by atoms with Gasteiger partial charge in [-0.05, 0) is 60.0 Å². The summed E-state index contributed by atoms with van der Waals surface area (Å²) in [6.45, 7) is 2.14. The molecule has 158 valence electrons. The quantitative estimate of drug-likeness (QED) is 0.477. The lowest BCUT2D eigenvalue weighted by Crippen LogP contribution is -2.28. The molecule has 1 fully saturated rings. The molecular weight excluding hydrogens is 428 g/mol. The van der Waals surface area contributed by atoms with E-state index in [1.807, 2.05) is 47.4 Å². The Morgan fingerprint density at radius 3 is 2.48 bits per heavy atom. The topological polar surface area (TPSA) is 49.4 Å². The molecule has 1 heterocycles. The van der Waals surface area contributed by atoms with Gasteiger partial charge < -0.3 is 5.32 Å². The zero-order chi connectivity index (χ0) is 21.8. The maximum atomic E-state index is 12.7. The number of nitrogens with zero attached hydrogens (tertiary/aromatic N) is 1. The number of hydrogen-bond donors (Lipinski definition) is 1. The van der Waals surface area contributed by atoms with Crippen LogP contribution in [0, 0.1) is 0 Å². The van der Waals surface area contributed by atoms with Crippen LogP contribution in [0.15, 0.2) is 72.8 Å². The standard InChI is InChI=1S/C25H23ClN2O2S/c1-2-5-17-6-3-4-7-22(17)28-23(29)16-31-25(28)19-10-14-21(15-11-19)27-24(30)18-8-12-20(26)13-9-18/h3-4,6-15,25H,2,5,16H2,1H3,(H,27,30)/t25-/m0/s1. The number of benzene rings is 3. The average Bonchev–Trinajstić information content (AvgIpc) is 3.16. The lowest BCUT2D eigenvalue weighted by molar-refractivity contribution is -0.115. The highest BCUT2D eigenvalue weighted by atomic mass is 35.5. The molecule has 0 aliphatic carbocycles. The second-order valence-electron chi connectivity index (χ2n) is 7.39. The molecule has 0 spiro atoms. The molecule has 2 amide bonds. The van der Waals surface area contributed by atoms with Gasteiger partial charge in [-0.25, -0.2) is 0 Å². The zero-order valence-corrected chi connectivity index (χ0v) is 18.7. The van der Waals surface area contributed by atoms with Crippen LogP contribution in [0.3, 0.4) is 0 Å². The van der Waals surface area contributed by atoms with Gasteiger partial charge in [-0.2, -0.15) is 0 Å². The lowest BCUT2D eigenvalue weighted by Gasteiger charge is -2.26. The van der Waals surface area contributed by atoms with Gasteiger partial charge in [0, 0.05) is 22.0 Å². The van der Waals surface area contributed by atoms with E-state index in [2.05, 4.69) is 18.3 Å². The Balaban J connectivity index is 1.53. The van der Waals surface area contributed by atoms with E-state index in [0.29, 0.717) is 22.0 Å². The van der Waals surface area contributed by atoms with Gasteiger partial charge in [0.05, 0.1) is 5.75 Å². The molecule has 1 aliphatic heterocycles. The van der Waals surface area contributed by atoms with Gasteiger partial charge in [0.1, 0.15) is 5.37 Å². The summed E-state index contributed by atoms with van der Waals surface area (Å²) in [4.78, 5) is 27.1. The second kappa shape index (κ2) is 9.58. The van der Waals surface area contributed by atoms with Crippen LogP contribution in [-0.4, -0.2) is 17.6 Å². The van der Waals surface area contributed by atoms with Gasteiger partial charge >= 0.3 is 0 Å². The lowest BCUT2D eigenvalue weighted by atomic mass is 10.1. The van der Waals surface area contributed by atoms with E-state index >= 15 is 0 Å². The minimum Gasteiger partial charge on any atom is -0.322 e. The molecule has 1 N–H and O–H groups in total. The minimum absolute atomic E-state index is 0.0773. The number of halogens is 1. The van der Waals surface area contributed by atoms with Crippen LogP contribution < -0.4 is 10.2 Å². The largest absolute Gasteiger partial charge is 0.322 e. The van der Waals surface area contributed by atoms with Crippen molar-refractivity contribution >= 4 is 46.6 Å². The van der Waals surface area contributed by atoms with E-state index in [1.165, 1.54) is 5.56 Å². The highest BCUT2D eigenvalue weighted by Gasteiger charge is 2.34. The molecule has 4 rings (SSSR count). The first-order valence-corrected chi connectivity index (χ1v) is 11.7. The number of aryl methyl sites for hydroxylation is 1. The van der Waals surface area contributed by atoms with Gasteiger partial charge in [-0.15, -0.1) is 11.8 Å². The number of amides is 2. The summed E-state index contributed by atoms with van der Waals surface area (Å²) in [7, 11) is 0. The Bertz CT molecular complexity index is 1080. The fourth-order valence-electron chi connectivity index (χ4n) is 3.69. The Morgan fingerprint density at radius 2 is 1.77 bits per heavy atom. The highest BCUT2D eigenvalue weighted by molar-refractivity contribution is 8.00. The molecule has 31 heavy (non-hydrogen) atoms. The summed E-state index contributed by atoms with van der Waals surface area (Å²) in [5, 5.41) is 3.42. The van der Waals surface area contributed by atoms with Crippen molar-refractivity contribution in [3.8, 4) is 0 Å². The van der Waals surface area contributed by atoms with Crippen LogP contribution >= 0.6 is 23.4 Å². The molecule has 4 nitrogen and oxygen atoms in total. The summed E-state index contributed by atoms with van der Waals surface area (Å²) in [6, 6.07) is 22.6. The Morgan fingerprint density at radius 1 is 1.06 bits per heavy atom. The van der Waals surface area contributed by atoms with E-state index in [4.69, 9.17) is 11.6 Å². The molecule has 3 aromatic rings. The number of para-hydroxylation sites is 1. The summed E-state index contributed by atoms with van der Waals surface area (Å²) < 4.78 is 0. The molecule has 1 atom stereocenters. The van der Waals surface area contributed by atoms with Gasteiger partial charge in [-0.1, -0.05) is 55.3 Å². The van der Waals surface area contributed by atoms with E-state index in [-0.39, 0.29) is 17.2 Å². The van der Waals surface area contributed by atoms with Crippen molar-refractivity contribution in [3.63, 3.8) is 0 Å². The van der Waals surface area contributed by atoms with E-state index in [9.17, 15) is 9.59 Å². The van der Waals surface area contributed by atoms with E-state index in [0.717, 1.165) is 24.1 Å². The van der Waals surface area contributed by atoms with Crippen molar-refractivity contribution in [1.29, 1.82) is 0 Å². The van der Waals surface area contributed by atoms with Crippen LogP contribution in [-0.2, 0) is 11.2 Å². The van der Waals surface area contributed by atoms with Crippen LogP contribution in [0.1, 0.15) is 40.2 Å². The predicted octanol–water partition coefficient (Wildman–Crippen LogP) is 6.32. The van der Waals surface area contributed by atoms with Crippen molar-refractivity contribution in [1.82, 2.24) is 0 Å². The maximum absolute atomic E-state index is 12.7. The van der Waals surface area contributed by atoms with Crippen molar-refractivity contribution in [3.05, 3.63) is 94.5 Å². The molecule has 0 radical (unpaired) electrons. The normalized spacial score (nSPS) is 15.9. The van der Waals surface area contributed by atoms with E-state index < -0.39 is 0 Å². The summed E-state index contributed by atoms with van der Waals surface area (Å²) in [6.07, 6.45) is 1.96. The van der Waals surface area contributed by atoms with Gasteiger partial charge in [-0.3, -0.25) is 14.5 Å². The SMILES string of the molecule is CCCc1ccccc1N1C(=O)CS[C@H]1c1ccc(NC(=O)c2ccc(Cl)cc2)cc1. The average molecular weight is 451 g/mol. The smallest absolute Gasteiger partial charge is 0.255 e. The molecule has 1 aliphatic rings. The fraction of sp³-hybridized carbons (Fsp3) is 0.200. The van der Waals surface area contributed by atoms with Crippen LogP contribution in [0.4, 0.5) is 11.4 Å². The molecule has 6 heteroatoms. The Hall–Kier alpha value is -2.76. The van der Waals surface area contributed by atoms with Gasteiger partial charge in [0.25, 0.3) is 5.91 Å². The first kappa shape index (κ1) is 21.5. The number of hydrogen-bond acceptors (Lipinski definition) is 3. The summed E-state index contributed by atoms with van der Waals surface area (Å²) >= 11 is 7.52. The molecule has 0 unspecified atom stereocenters. The summed E-state index contributed by atoms with van der Waals surface area (Å²) in [5.74, 6) is 0.392. The molecular formula is C25H23ClN2O2S. The maximum Gasteiger partial charge on any atom is 0.255 e. The highest BCUT2D eigenvalue weighted by Crippen LogP contribution is 2.43. The van der Waals surface area contributed by atoms with E-state index in [1.54, 1.807) is 36.0 Å². The van der Waals surface area contributed by atoms with Crippen molar-refractivity contribution in [2.45, 2.75) is 25.1 Å². The predicted molar refractivity (Wildman–Crippen MR) is 129 cm³/mol. The number of nitrogens with one attached hydrogen (secondary N) is 1. The number of rotatable bonds is 6. The molecule has 0 bridgehead atoms. The number of carbonyl (C=O) groups excluding carboxylic acids is 2. The third kappa shape index (κ3) is 4.78. The molecule has 3 aromatic carbocycles. The summed E-state index contributed by atoms with van der Waals surface area (Å²) in [5.41, 5.74) is 4.47. The third-order valence-electron chi connectivity index (χ3n) is 5.20. The second-order valence-corrected chi connectivity index (χ2v) is 8.89. The van der Waals surface area contributed by atoms with Crippen LogP contribution in [0.25, 0.3) is 0 Å². The third-order valence-corrected chi connectivity index (χ3v) is 6.66. The van der Waals surface area contributed by atoms with Crippen molar-refractivity contribution in [2.24, 2.45) is 0 Å². The zero-order valence-electron chi connectivity index (χ0n) is 17.2. The van der Waals surface area contributed by atoms with Crippen LogP contribution in [0.2, 0.25) is 5.02 Å². The fourth-order valence-corrected chi connectivity index (χ4v) is 4.99. The first-order valence-electron chi connectivity index (χ1n) is 10.2. The monoisotopic (exact) mass is 450 g/mol. The van der Waals surface area contributed by atoms with Crippen LogP contribution in [0.5, 0.6) is 0 Å². The van der Waals surface area contributed by atoms with Gasteiger partial charge in [0.2, 0.25) is 5.91 Å². The molecule has 0 aromatic heterocycles. The first-order chi connectivity index (χ1) is 15.1. The van der Waals surface area contributed by atoms with Gasteiger partial charge in [0.15, 0.2) is 0 Å². The molecule has 0 saturated carbocycles. The van der Waals surface area contributed by atoms with Crippen molar-refractivity contribution in [2.75, 3.05) is 16.0 Å². The Labute approximate surface area is 191 Å². The number of anilines is 2. The van der Waals surface area contributed by atoms with Crippen molar-refractivity contribution < 1.29 is 9.59 Å².